The van der Waals surface area contributed by atoms with E-state index in [1.807, 2.05) is 0 Å². The topological polar surface area (TPSA) is 127 Å². The summed E-state index contributed by atoms with van der Waals surface area (Å²) >= 11 is 0. The number of nitrogens with one attached hydrogen (secondary N) is 3. The fourth-order valence-corrected chi connectivity index (χ4v) is 3.71. The lowest BCUT2D eigenvalue weighted by Gasteiger charge is -2.30. The van der Waals surface area contributed by atoms with E-state index in [-0.39, 0.29) is 34.1 Å². The van der Waals surface area contributed by atoms with Gasteiger partial charge in [-0.25, -0.2) is 14.3 Å². The van der Waals surface area contributed by atoms with Crippen molar-refractivity contribution in [1.82, 2.24) is 9.88 Å². The number of anilines is 1. The summed E-state index contributed by atoms with van der Waals surface area (Å²) in [5.74, 6) is -2.18. The average molecular weight is 452 g/mol. The highest BCUT2D eigenvalue weighted by atomic mass is 19.2. The number of likely N-dealkylation sites (tertiary alicyclic amines) is 1. The van der Waals surface area contributed by atoms with Crippen molar-refractivity contribution in [2.45, 2.75) is 18.9 Å². The highest BCUT2D eigenvalue weighted by molar-refractivity contribution is 5.94. The van der Waals surface area contributed by atoms with E-state index in [1.165, 1.54) is 12.3 Å². The summed E-state index contributed by atoms with van der Waals surface area (Å²) in [6, 6.07) is 10.1. The molecule has 3 aromatic rings. The van der Waals surface area contributed by atoms with Crippen molar-refractivity contribution in [3.05, 3.63) is 81.8 Å². The zero-order chi connectivity index (χ0) is 23.5. The van der Waals surface area contributed by atoms with E-state index in [0.29, 0.717) is 24.3 Å². The number of aromatic amines is 1. The minimum absolute atomic E-state index is 0.00677. The van der Waals surface area contributed by atoms with Gasteiger partial charge in [0, 0.05) is 48.0 Å². The minimum atomic E-state index is -1.07. The van der Waals surface area contributed by atoms with Crippen molar-refractivity contribution >= 4 is 28.2 Å². The molecule has 2 aromatic carbocycles. The first kappa shape index (κ1) is 22.3. The molecule has 1 aliphatic heterocycles. The van der Waals surface area contributed by atoms with Crippen molar-refractivity contribution in [2.24, 2.45) is 10.8 Å². The SMILES string of the molecule is N=N/C(=C\Nc1ccc(C(=O)N2CCC(N)CC2)cc1)c1cc2cc(F)c(F)cc2[nH]c1=O. The molecule has 1 fully saturated rings. The molecular weight excluding hydrogens is 430 g/mol. The van der Waals surface area contributed by atoms with Gasteiger partial charge in [-0.1, -0.05) is 0 Å². The molecule has 0 atom stereocenters. The van der Waals surface area contributed by atoms with Crippen molar-refractivity contribution in [1.29, 1.82) is 5.53 Å². The summed E-state index contributed by atoms with van der Waals surface area (Å²) in [7, 11) is 0. The maximum Gasteiger partial charge on any atom is 0.258 e. The van der Waals surface area contributed by atoms with Gasteiger partial charge in [-0.05, 0) is 49.2 Å². The predicted octanol–water partition coefficient (Wildman–Crippen LogP) is 3.81. The summed E-state index contributed by atoms with van der Waals surface area (Å²) in [6.45, 7) is 1.27. The Labute approximate surface area is 187 Å². The minimum Gasteiger partial charge on any atom is -0.360 e. The van der Waals surface area contributed by atoms with Gasteiger partial charge in [0.05, 0.1) is 11.1 Å². The van der Waals surface area contributed by atoms with Crippen molar-refractivity contribution in [3.63, 3.8) is 0 Å². The Kier molecular flexibility index (Phi) is 6.27. The molecule has 0 bridgehead atoms. The Morgan fingerprint density at radius 3 is 2.48 bits per heavy atom. The quantitative estimate of drug-likeness (QED) is 0.439. The number of nitrogens with two attached hydrogens (primary N) is 1. The van der Waals surface area contributed by atoms with E-state index in [4.69, 9.17) is 11.3 Å². The van der Waals surface area contributed by atoms with Gasteiger partial charge in [0.1, 0.15) is 5.70 Å². The van der Waals surface area contributed by atoms with E-state index in [1.54, 1.807) is 29.2 Å². The van der Waals surface area contributed by atoms with Gasteiger partial charge < -0.3 is 20.9 Å². The summed E-state index contributed by atoms with van der Waals surface area (Å²) in [6.07, 6.45) is 2.92. The van der Waals surface area contributed by atoms with Crippen LogP contribution in [0, 0.1) is 17.2 Å². The number of carbonyl (C=O) groups is 1. The van der Waals surface area contributed by atoms with Crippen LogP contribution in [0.1, 0.15) is 28.8 Å². The van der Waals surface area contributed by atoms with Crippen LogP contribution in [0.3, 0.4) is 0 Å². The van der Waals surface area contributed by atoms with Gasteiger partial charge >= 0.3 is 0 Å². The maximum absolute atomic E-state index is 13.6. The van der Waals surface area contributed by atoms with Crippen LogP contribution < -0.4 is 16.6 Å². The molecule has 0 spiro atoms. The van der Waals surface area contributed by atoms with Crippen LogP contribution in [0.5, 0.6) is 0 Å². The Morgan fingerprint density at radius 1 is 1.15 bits per heavy atom. The Bertz CT molecular complexity index is 1290. The molecule has 4 rings (SSSR count). The number of hydrogen-bond acceptors (Lipinski definition) is 6. The number of rotatable bonds is 5. The average Bonchev–Trinajstić information content (AvgIpc) is 2.81. The van der Waals surface area contributed by atoms with Crippen LogP contribution in [0.4, 0.5) is 14.5 Å². The number of hydrogen-bond donors (Lipinski definition) is 4. The molecule has 0 aliphatic carbocycles. The molecule has 33 heavy (non-hydrogen) atoms. The second-order valence-electron chi connectivity index (χ2n) is 7.86. The first-order valence-electron chi connectivity index (χ1n) is 10.4. The third kappa shape index (κ3) is 4.80. The molecule has 5 N–H and O–H groups in total. The summed E-state index contributed by atoms with van der Waals surface area (Å²) in [5, 5.41) is 6.58. The number of H-pyrrole nitrogens is 1. The number of benzene rings is 2. The van der Waals surface area contributed by atoms with Crippen LogP contribution in [0.2, 0.25) is 0 Å². The molecule has 1 aromatic heterocycles. The Hall–Kier alpha value is -3.92. The number of halogens is 2. The summed E-state index contributed by atoms with van der Waals surface area (Å²) in [5.41, 5.74) is 14.0. The number of aromatic nitrogens is 1. The fraction of sp³-hybridized carbons (Fsp3) is 0.217. The lowest BCUT2D eigenvalue weighted by atomic mass is 10.0. The Morgan fingerprint density at radius 2 is 1.82 bits per heavy atom. The molecule has 1 amide bonds. The fourth-order valence-electron chi connectivity index (χ4n) is 3.71. The number of pyridine rings is 1. The molecular formula is C23H22F2N6O2. The lowest BCUT2D eigenvalue weighted by molar-refractivity contribution is 0.0715. The largest absolute Gasteiger partial charge is 0.360 e. The van der Waals surface area contributed by atoms with Gasteiger partial charge in [0.2, 0.25) is 0 Å². The lowest BCUT2D eigenvalue weighted by Crippen LogP contribution is -2.42. The zero-order valence-corrected chi connectivity index (χ0v) is 17.6. The number of carbonyl (C=O) groups excluding carboxylic acids is 1. The molecule has 2 heterocycles. The van der Waals surface area contributed by atoms with Crippen molar-refractivity contribution in [3.8, 4) is 0 Å². The van der Waals surface area contributed by atoms with Crippen molar-refractivity contribution < 1.29 is 13.6 Å². The van der Waals surface area contributed by atoms with Gasteiger partial charge in [-0.2, -0.15) is 5.11 Å². The molecule has 1 aliphatic rings. The van der Waals surface area contributed by atoms with Crippen molar-refractivity contribution in [2.75, 3.05) is 18.4 Å². The molecule has 1 saturated heterocycles. The summed E-state index contributed by atoms with van der Waals surface area (Å²) in [4.78, 5) is 29.3. The van der Waals surface area contributed by atoms with Crippen LogP contribution in [-0.2, 0) is 0 Å². The van der Waals surface area contributed by atoms with Crippen LogP contribution >= 0.6 is 0 Å². The first-order chi connectivity index (χ1) is 15.9. The molecule has 8 nitrogen and oxygen atoms in total. The Balaban J connectivity index is 1.52. The van der Waals surface area contributed by atoms with E-state index >= 15 is 0 Å². The molecule has 10 heteroatoms. The molecule has 0 saturated carbocycles. The zero-order valence-electron chi connectivity index (χ0n) is 17.6. The van der Waals surface area contributed by atoms with E-state index < -0.39 is 17.2 Å². The number of nitrogens with zero attached hydrogens (tertiary/aromatic N) is 2. The van der Waals surface area contributed by atoms with Gasteiger partial charge in [0.25, 0.3) is 11.5 Å². The first-order valence-corrected chi connectivity index (χ1v) is 10.4. The monoisotopic (exact) mass is 452 g/mol. The van der Waals surface area contributed by atoms with E-state index in [0.717, 1.165) is 25.0 Å². The number of piperidine rings is 1. The van der Waals surface area contributed by atoms with E-state index in [9.17, 15) is 18.4 Å². The van der Waals surface area contributed by atoms with Gasteiger partial charge in [0.15, 0.2) is 11.6 Å². The maximum atomic E-state index is 13.6. The molecule has 170 valence electrons. The van der Waals surface area contributed by atoms with Gasteiger partial charge in [-0.15, -0.1) is 0 Å². The molecule has 0 unspecified atom stereocenters. The van der Waals surface area contributed by atoms with Crippen LogP contribution in [0.15, 0.2) is 58.6 Å². The second kappa shape index (κ2) is 9.29. The van der Waals surface area contributed by atoms with E-state index in [2.05, 4.69) is 15.4 Å². The summed E-state index contributed by atoms with van der Waals surface area (Å²) < 4.78 is 27.0. The standard InChI is InChI=1S/C23H22F2N6O2/c24-18-10-14-9-17(22(32)29-20(14)11-19(18)25)21(30-27)12-28-16-3-1-13(2-4-16)23(33)31-7-5-15(26)6-8-31/h1-4,9-12,15,27-28H,5-8,26H2,(H,29,32)/b21-12-,30-27?. The smallest absolute Gasteiger partial charge is 0.258 e. The van der Waals surface area contributed by atoms with Crippen LogP contribution in [0.25, 0.3) is 16.6 Å². The highest BCUT2D eigenvalue weighted by Crippen LogP contribution is 2.21. The van der Waals surface area contributed by atoms with Crippen LogP contribution in [-0.4, -0.2) is 34.9 Å². The van der Waals surface area contributed by atoms with Gasteiger partial charge in [-0.3, -0.25) is 9.59 Å². The second-order valence-corrected chi connectivity index (χ2v) is 7.86. The number of amides is 1. The normalized spacial score (nSPS) is 15.0. The highest BCUT2D eigenvalue weighted by Gasteiger charge is 2.21. The number of fused-ring (bicyclic) bond motifs is 1. The molecule has 0 radical (unpaired) electrons. The third-order valence-electron chi connectivity index (χ3n) is 5.62. The third-order valence-corrected chi connectivity index (χ3v) is 5.62. The predicted molar refractivity (Wildman–Crippen MR) is 121 cm³/mol.